The van der Waals surface area contributed by atoms with Crippen molar-refractivity contribution in [3.05, 3.63) is 89.8 Å². The van der Waals surface area contributed by atoms with E-state index in [1.165, 1.54) is 0 Å². The molecular formula is C20H7Cl5O3. The van der Waals surface area contributed by atoms with E-state index in [9.17, 15) is 4.79 Å². The van der Waals surface area contributed by atoms with Gasteiger partial charge in [0.15, 0.2) is 5.60 Å². The molecule has 0 aromatic heterocycles. The smallest absolute Gasteiger partial charge is 0.341 e. The molecule has 0 saturated heterocycles. The van der Waals surface area contributed by atoms with Crippen LogP contribution in [0.5, 0.6) is 11.5 Å². The van der Waals surface area contributed by atoms with Gasteiger partial charge in [-0.2, -0.15) is 0 Å². The summed E-state index contributed by atoms with van der Waals surface area (Å²) in [5.74, 6) is 0.254. The highest BCUT2D eigenvalue weighted by molar-refractivity contribution is 6.53. The van der Waals surface area contributed by atoms with Crippen LogP contribution in [-0.2, 0) is 10.3 Å². The van der Waals surface area contributed by atoms with Gasteiger partial charge in [0.1, 0.15) is 11.5 Å². The highest BCUT2D eigenvalue weighted by Gasteiger charge is 2.57. The molecule has 8 heteroatoms. The van der Waals surface area contributed by atoms with E-state index in [1.807, 2.05) is 6.07 Å². The van der Waals surface area contributed by atoms with E-state index in [0.717, 1.165) is 0 Å². The Hall–Kier alpha value is -1.62. The Labute approximate surface area is 184 Å². The van der Waals surface area contributed by atoms with Crippen LogP contribution < -0.4 is 4.74 Å². The fraction of sp³-hybridized carbons (Fsp3) is 0.0500. The van der Waals surface area contributed by atoms with Crippen molar-refractivity contribution in [3.8, 4) is 11.5 Å². The van der Waals surface area contributed by atoms with Crippen LogP contribution in [0.2, 0.25) is 25.1 Å². The minimum absolute atomic E-state index is 0.0131. The number of rotatable bonds is 0. The number of halogens is 5. The van der Waals surface area contributed by atoms with Crippen LogP contribution in [0.1, 0.15) is 27.0 Å². The molecule has 0 radical (unpaired) electrons. The number of ether oxygens (including phenoxy) is 2. The molecule has 140 valence electrons. The molecule has 1 atom stereocenters. The SMILES string of the molecule is O=C1OC2(c3ccccc3Oc3cccc(Cl)c32)c2c(Cl)c(Cl)c(Cl)c(Cl)c21. The second kappa shape index (κ2) is 6.19. The Bertz CT molecular complexity index is 1210. The number of fused-ring (bicyclic) bond motifs is 6. The third kappa shape index (κ3) is 2.17. The molecule has 3 aromatic rings. The predicted molar refractivity (Wildman–Crippen MR) is 110 cm³/mol. The van der Waals surface area contributed by atoms with Crippen LogP contribution in [0, 0.1) is 0 Å². The van der Waals surface area contributed by atoms with Gasteiger partial charge in [0.05, 0.1) is 36.2 Å². The number of benzene rings is 3. The summed E-state index contributed by atoms with van der Waals surface area (Å²) < 4.78 is 12.0. The van der Waals surface area contributed by atoms with Gasteiger partial charge >= 0.3 is 5.97 Å². The maximum atomic E-state index is 13.0. The first-order valence-electron chi connectivity index (χ1n) is 8.04. The Balaban J connectivity index is 2.01. The van der Waals surface area contributed by atoms with Gasteiger partial charge in [-0.25, -0.2) is 4.79 Å². The molecule has 0 aliphatic carbocycles. The number of carbonyl (C=O) groups excluding carboxylic acids is 1. The molecule has 3 nitrogen and oxygen atoms in total. The van der Waals surface area contributed by atoms with Crippen molar-refractivity contribution < 1.29 is 14.3 Å². The topological polar surface area (TPSA) is 35.5 Å². The van der Waals surface area contributed by atoms with Gasteiger partial charge in [-0.05, 0) is 18.2 Å². The lowest BCUT2D eigenvalue weighted by molar-refractivity contribution is 0.0225. The molecule has 1 spiro atoms. The molecule has 28 heavy (non-hydrogen) atoms. The second-order valence-electron chi connectivity index (χ2n) is 6.29. The van der Waals surface area contributed by atoms with Crippen LogP contribution in [-0.4, -0.2) is 5.97 Å². The molecular weight excluding hydrogens is 465 g/mol. The summed E-state index contributed by atoms with van der Waals surface area (Å²) in [5.41, 5.74) is -0.116. The van der Waals surface area contributed by atoms with Crippen LogP contribution in [0.25, 0.3) is 0 Å². The summed E-state index contributed by atoms with van der Waals surface area (Å²) >= 11 is 32.0. The van der Waals surface area contributed by atoms with E-state index in [0.29, 0.717) is 33.2 Å². The summed E-state index contributed by atoms with van der Waals surface area (Å²) in [6.07, 6.45) is 0. The standard InChI is InChI=1S/C20H7Cl5O3/c21-9-5-3-7-11-13(9)20(8-4-1-2-6-10(8)27-11)14-12(19(26)28-20)15(22)17(24)18(25)16(14)23/h1-7H. The molecule has 3 aromatic carbocycles. The van der Waals surface area contributed by atoms with Crippen molar-refractivity contribution in [1.29, 1.82) is 0 Å². The molecule has 2 aliphatic rings. The van der Waals surface area contributed by atoms with Gasteiger partial charge in [0, 0.05) is 11.1 Å². The van der Waals surface area contributed by atoms with Gasteiger partial charge in [0.25, 0.3) is 0 Å². The summed E-state index contributed by atoms with van der Waals surface area (Å²) in [4.78, 5) is 13.0. The molecule has 0 saturated carbocycles. The summed E-state index contributed by atoms with van der Waals surface area (Å²) in [6, 6.07) is 12.3. The lowest BCUT2D eigenvalue weighted by atomic mass is 9.77. The zero-order chi connectivity index (χ0) is 19.8. The van der Waals surface area contributed by atoms with Crippen molar-refractivity contribution in [2.24, 2.45) is 0 Å². The highest BCUT2D eigenvalue weighted by Crippen LogP contribution is 2.61. The van der Waals surface area contributed by atoms with Gasteiger partial charge in [-0.15, -0.1) is 0 Å². The van der Waals surface area contributed by atoms with E-state index in [4.69, 9.17) is 67.5 Å². The maximum Gasteiger partial charge on any atom is 0.341 e. The first-order chi connectivity index (χ1) is 13.4. The third-order valence-corrected chi connectivity index (χ3v) is 7.00. The molecule has 5 rings (SSSR count). The average molecular weight is 473 g/mol. The lowest BCUT2D eigenvalue weighted by Gasteiger charge is -2.37. The van der Waals surface area contributed by atoms with Crippen molar-refractivity contribution in [2.75, 3.05) is 0 Å². The molecule has 0 amide bonds. The average Bonchev–Trinajstić information content (AvgIpc) is 2.98. The molecule has 0 N–H and O–H groups in total. The summed E-state index contributed by atoms with van der Waals surface area (Å²) in [7, 11) is 0. The second-order valence-corrected chi connectivity index (χ2v) is 8.21. The molecule has 2 aliphatic heterocycles. The first-order valence-corrected chi connectivity index (χ1v) is 9.93. The van der Waals surface area contributed by atoms with Crippen LogP contribution in [0.4, 0.5) is 0 Å². The summed E-state index contributed by atoms with van der Waals surface area (Å²) in [6.45, 7) is 0. The van der Waals surface area contributed by atoms with Gasteiger partial charge in [0.2, 0.25) is 0 Å². The number of para-hydroxylation sites is 1. The predicted octanol–water partition coefficient (Wildman–Crippen LogP) is 7.52. The van der Waals surface area contributed by atoms with E-state index in [-0.39, 0.29) is 25.7 Å². The van der Waals surface area contributed by atoms with Crippen LogP contribution in [0.15, 0.2) is 42.5 Å². The first kappa shape index (κ1) is 18.4. The molecule has 0 fully saturated rings. The fourth-order valence-electron chi connectivity index (χ4n) is 3.79. The Morgan fingerprint density at radius 2 is 1.39 bits per heavy atom. The largest absolute Gasteiger partial charge is 0.456 e. The molecule has 1 unspecified atom stereocenters. The monoisotopic (exact) mass is 470 g/mol. The highest BCUT2D eigenvalue weighted by atomic mass is 35.5. The van der Waals surface area contributed by atoms with E-state index >= 15 is 0 Å². The number of hydrogen-bond donors (Lipinski definition) is 0. The minimum atomic E-state index is -1.47. The van der Waals surface area contributed by atoms with E-state index in [2.05, 4.69) is 0 Å². The number of carbonyl (C=O) groups is 1. The van der Waals surface area contributed by atoms with Crippen molar-refractivity contribution >= 4 is 64.0 Å². The van der Waals surface area contributed by atoms with E-state index in [1.54, 1.807) is 36.4 Å². The molecule has 0 bridgehead atoms. The van der Waals surface area contributed by atoms with Crippen molar-refractivity contribution in [2.45, 2.75) is 5.60 Å². The van der Waals surface area contributed by atoms with Gasteiger partial charge in [-0.1, -0.05) is 82.3 Å². The maximum absolute atomic E-state index is 13.0. The Morgan fingerprint density at radius 3 is 2.18 bits per heavy atom. The van der Waals surface area contributed by atoms with Gasteiger partial charge < -0.3 is 9.47 Å². The van der Waals surface area contributed by atoms with Crippen LogP contribution in [0.3, 0.4) is 0 Å². The van der Waals surface area contributed by atoms with Gasteiger partial charge in [-0.3, -0.25) is 0 Å². The zero-order valence-corrected chi connectivity index (χ0v) is 17.4. The van der Waals surface area contributed by atoms with Crippen molar-refractivity contribution in [3.63, 3.8) is 0 Å². The Kier molecular flexibility index (Phi) is 4.07. The number of hydrogen-bond acceptors (Lipinski definition) is 3. The summed E-state index contributed by atoms with van der Waals surface area (Å²) in [5, 5.41) is 0.402. The van der Waals surface area contributed by atoms with Crippen LogP contribution >= 0.6 is 58.0 Å². The lowest BCUT2D eigenvalue weighted by Crippen LogP contribution is -2.33. The van der Waals surface area contributed by atoms with E-state index < -0.39 is 11.6 Å². The quantitative estimate of drug-likeness (QED) is 0.193. The minimum Gasteiger partial charge on any atom is -0.456 e. The Morgan fingerprint density at radius 1 is 0.714 bits per heavy atom. The molecule has 2 heterocycles. The van der Waals surface area contributed by atoms with Crippen molar-refractivity contribution in [1.82, 2.24) is 0 Å². The third-order valence-electron chi connectivity index (χ3n) is 4.88. The fourth-order valence-corrected chi connectivity index (χ4v) is 5.15. The normalized spacial score (nSPS) is 19.0. The zero-order valence-electron chi connectivity index (χ0n) is 13.7. The number of esters is 1.